The Hall–Kier alpha value is -1.10. The minimum absolute atomic E-state index is 0.148. The minimum atomic E-state index is -1.29. The van der Waals surface area contributed by atoms with E-state index >= 15 is 0 Å². The van der Waals surface area contributed by atoms with Crippen molar-refractivity contribution < 1.29 is 18.7 Å². The van der Waals surface area contributed by atoms with E-state index in [1.54, 1.807) is 0 Å². The van der Waals surface area contributed by atoms with Crippen LogP contribution in [0, 0.1) is 11.6 Å². The number of halogens is 2. The van der Waals surface area contributed by atoms with E-state index in [-0.39, 0.29) is 16.9 Å². The second-order valence-electron chi connectivity index (χ2n) is 2.35. The van der Waals surface area contributed by atoms with Gasteiger partial charge in [-0.15, -0.1) is 0 Å². The first-order valence-electron chi connectivity index (χ1n) is 3.39. The molecule has 1 rings (SSSR count). The van der Waals surface area contributed by atoms with Crippen molar-refractivity contribution in [2.75, 3.05) is 0 Å². The fraction of sp³-hybridized carbons (Fsp3) is 0.125. The Morgan fingerprint density at radius 2 is 2.08 bits per heavy atom. The Bertz CT molecular complexity index is 352. The molecule has 2 nitrogen and oxygen atoms in total. The summed E-state index contributed by atoms with van der Waals surface area (Å²) in [4.78, 5) is 10.5. The zero-order valence-corrected chi connectivity index (χ0v) is 7.31. The highest BCUT2D eigenvalue weighted by molar-refractivity contribution is 7.79. The lowest BCUT2D eigenvalue weighted by Crippen LogP contribution is -2.05. The molecule has 0 fully saturated rings. The number of carboxylic acid groups (broad SMARTS) is 1. The number of hydrogen-bond donors (Lipinski definition) is 2. The van der Waals surface area contributed by atoms with Crippen LogP contribution in [0.5, 0.6) is 0 Å². The summed E-state index contributed by atoms with van der Waals surface area (Å²) < 4.78 is 25.5. The van der Waals surface area contributed by atoms with E-state index in [2.05, 4.69) is 12.6 Å². The molecule has 0 saturated heterocycles. The Balaban J connectivity index is 3.38. The molecule has 0 aliphatic rings. The lowest BCUT2D eigenvalue weighted by molar-refractivity contribution is 0.0695. The van der Waals surface area contributed by atoms with Crippen molar-refractivity contribution in [3.05, 3.63) is 34.9 Å². The van der Waals surface area contributed by atoms with Gasteiger partial charge in [0.1, 0.15) is 0 Å². The number of benzene rings is 1. The van der Waals surface area contributed by atoms with Crippen LogP contribution in [0.3, 0.4) is 0 Å². The molecule has 1 N–H and O–H groups in total. The summed E-state index contributed by atoms with van der Waals surface area (Å²) in [5.74, 6) is -3.64. The summed E-state index contributed by atoms with van der Waals surface area (Å²) in [5.41, 5.74) is -0.482. The van der Waals surface area contributed by atoms with Crippen LogP contribution in [0.15, 0.2) is 12.1 Å². The molecule has 0 aliphatic heterocycles. The quantitative estimate of drug-likeness (QED) is 0.724. The minimum Gasteiger partial charge on any atom is -0.478 e. The van der Waals surface area contributed by atoms with Crippen LogP contribution >= 0.6 is 12.6 Å². The third kappa shape index (κ3) is 1.80. The summed E-state index contributed by atoms with van der Waals surface area (Å²) in [6.45, 7) is 0. The molecule has 0 radical (unpaired) electrons. The summed E-state index contributed by atoms with van der Waals surface area (Å²) in [6.07, 6.45) is 0. The first-order chi connectivity index (χ1) is 6.07. The molecular formula is C8H6F2O2S. The Labute approximate surface area is 78.6 Å². The van der Waals surface area contributed by atoms with Crippen molar-refractivity contribution in [1.82, 2.24) is 0 Å². The summed E-state index contributed by atoms with van der Waals surface area (Å²) in [5, 5.41) is 8.59. The van der Waals surface area contributed by atoms with Crippen LogP contribution in [-0.2, 0) is 5.75 Å². The largest absolute Gasteiger partial charge is 0.478 e. The van der Waals surface area contributed by atoms with Crippen LogP contribution in [0.1, 0.15) is 15.9 Å². The van der Waals surface area contributed by atoms with Crippen molar-refractivity contribution in [2.24, 2.45) is 0 Å². The molecule has 0 aromatic heterocycles. The number of carboxylic acids is 1. The Morgan fingerprint density at radius 3 is 2.54 bits per heavy atom. The molecule has 1 aromatic rings. The molecule has 13 heavy (non-hydrogen) atoms. The van der Waals surface area contributed by atoms with Gasteiger partial charge in [0.2, 0.25) is 0 Å². The van der Waals surface area contributed by atoms with E-state index in [9.17, 15) is 13.6 Å². The van der Waals surface area contributed by atoms with E-state index in [0.717, 1.165) is 12.1 Å². The lowest BCUT2D eigenvalue weighted by atomic mass is 10.1. The summed E-state index contributed by atoms with van der Waals surface area (Å²) in [6, 6.07) is 1.80. The van der Waals surface area contributed by atoms with Gasteiger partial charge in [-0.25, -0.2) is 13.6 Å². The smallest absolute Gasteiger partial charge is 0.336 e. The van der Waals surface area contributed by atoms with E-state index in [4.69, 9.17) is 5.11 Å². The highest BCUT2D eigenvalue weighted by Crippen LogP contribution is 2.18. The third-order valence-electron chi connectivity index (χ3n) is 1.58. The number of hydrogen-bond acceptors (Lipinski definition) is 2. The van der Waals surface area contributed by atoms with Gasteiger partial charge in [0.15, 0.2) is 11.6 Å². The molecule has 0 bridgehead atoms. The molecular weight excluding hydrogens is 198 g/mol. The first-order valence-corrected chi connectivity index (χ1v) is 4.02. The number of thiol groups is 1. The van der Waals surface area contributed by atoms with Crippen molar-refractivity contribution in [1.29, 1.82) is 0 Å². The Morgan fingerprint density at radius 1 is 1.46 bits per heavy atom. The van der Waals surface area contributed by atoms with Crippen LogP contribution in [0.25, 0.3) is 0 Å². The molecule has 0 unspecified atom stereocenters. The topological polar surface area (TPSA) is 37.3 Å². The van der Waals surface area contributed by atoms with E-state index in [1.807, 2.05) is 0 Å². The van der Waals surface area contributed by atoms with Gasteiger partial charge in [-0.05, 0) is 12.1 Å². The molecule has 0 amide bonds. The number of rotatable bonds is 2. The zero-order valence-electron chi connectivity index (χ0n) is 6.42. The van der Waals surface area contributed by atoms with Gasteiger partial charge >= 0.3 is 5.97 Å². The standard InChI is InChI=1S/C8H6F2O2S/c9-6-2-1-4(8(11)12)5(3-13)7(6)10/h1-2,13H,3H2,(H,11,12). The normalized spacial score (nSPS) is 10.1. The number of carbonyl (C=O) groups is 1. The van der Waals surface area contributed by atoms with Crippen molar-refractivity contribution in [3.63, 3.8) is 0 Å². The average molecular weight is 204 g/mol. The van der Waals surface area contributed by atoms with E-state index < -0.39 is 17.6 Å². The number of aromatic carboxylic acids is 1. The second kappa shape index (κ2) is 3.74. The van der Waals surface area contributed by atoms with E-state index in [1.165, 1.54) is 0 Å². The summed E-state index contributed by atoms with van der Waals surface area (Å²) in [7, 11) is 0. The highest BCUT2D eigenvalue weighted by atomic mass is 32.1. The second-order valence-corrected chi connectivity index (χ2v) is 2.67. The van der Waals surface area contributed by atoms with Crippen molar-refractivity contribution in [2.45, 2.75) is 5.75 Å². The predicted molar refractivity (Wildman–Crippen MR) is 46.0 cm³/mol. The molecule has 0 atom stereocenters. The zero-order chi connectivity index (χ0) is 10.0. The van der Waals surface area contributed by atoms with Crippen molar-refractivity contribution >= 4 is 18.6 Å². The summed E-state index contributed by atoms with van der Waals surface area (Å²) >= 11 is 3.72. The van der Waals surface area contributed by atoms with Crippen LogP contribution < -0.4 is 0 Å². The molecule has 5 heteroatoms. The monoisotopic (exact) mass is 204 g/mol. The fourth-order valence-corrected chi connectivity index (χ4v) is 1.26. The van der Waals surface area contributed by atoms with Gasteiger partial charge in [0, 0.05) is 11.3 Å². The van der Waals surface area contributed by atoms with Gasteiger partial charge in [0.25, 0.3) is 0 Å². The van der Waals surface area contributed by atoms with Crippen molar-refractivity contribution in [3.8, 4) is 0 Å². The lowest BCUT2D eigenvalue weighted by Gasteiger charge is -2.04. The molecule has 0 heterocycles. The van der Waals surface area contributed by atoms with Gasteiger partial charge in [-0.2, -0.15) is 12.6 Å². The molecule has 70 valence electrons. The maximum Gasteiger partial charge on any atom is 0.336 e. The van der Waals surface area contributed by atoms with Crippen LogP contribution in [-0.4, -0.2) is 11.1 Å². The van der Waals surface area contributed by atoms with Crippen LogP contribution in [0.2, 0.25) is 0 Å². The van der Waals surface area contributed by atoms with Crippen LogP contribution in [0.4, 0.5) is 8.78 Å². The average Bonchev–Trinajstić information content (AvgIpc) is 2.09. The predicted octanol–water partition coefficient (Wildman–Crippen LogP) is 2.09. The van der Waals surface area contributed by atoms with Gasteiger partial charge < -0.3 is 5.11 Å². The molecule has 0 aliphatic carbocycles. The van der Waals surface area contributed by atoms with E-state index in [0.29, 0.717) is 0 Å². The molecule has 0 spiro atoms. The maximum absolute atomic E-state index is 12.9. The third-order valence-corrected chi connectivity index (χ3v) is 1.90. The Kier molecular flexibility index (Phi) is 2.87. The molecule has 0 saturated carbocycles. The van der Waals surface area contributed by atoms with Gasteiger partial charge in [-0.3, -0.25) is 0 Å². The maximum atomic E-state index is 12.9. The highest BCUT2D eigenvalue weighted by Gasteiger charge is 2.16. The SMILES string of the molecule is O=C(O)c1ccc(F)c(F)c1CS. The fourth-order valence-electron chi connectivity index (χ4n) is 0.948. The van der Waals surface area contributed by atoms with Gasteiger partial charge in [-0.1, -0.05) is 0 Å². The molecule has 1 aromatic carbocycles. The van der Waals surface area contributed by atoms with Gasteiger partial charge in [0.05, 0.1) is 5.56 Å². The first kappa shape index (κ1) is 9.98.